The number of nitrogens with one attached hydrogen (secondary N) is 1. The summed E-state index contributed by atoms with van der Waals surface area (Å²) in [4.78, 5) is 15.6. The molecule has 0 fully saturated rings. The van der Waals surface area contributed by atoms with Gasteiger partial charge in [-0.2, -0.15) is 0 Å². The summed E-state index contributed by atoms with van der Waals surface area (Å²) < 4.78 is 28.3. The Balaban J connectivity index is 2.15. The van der Waals surface area contributed by atoms with Crippen LogP contribution in [0.1, 0.15) is 20.3 Å². The number of nitrogens with zero attached hydrogens (tertiary/aromatic N) is 2. The molecular formula is C14H18F2N4O. The summed E-state index contributed by atoms with van der Waals surface area (Å²) in [5.74, 6) is -1.19. The maximum absolute atomic E-state index is 13.6. The minimum atomic E-state index is -0.764. The standard InChI is InChI=1S/C14H18F2N4O/c1-8(2)7-18-12(21)3-4-20-11-6-9(15)5-10(16)13(11)19-14(20)17/h5-6,8H,3-4,7H2,1-2H3,(H2,17,19)(H,18,21). The minimum absolute atomic E-state index is 0.0106. The molecule has 21 heavy (non-hydrogen) atoms. The van der Waals surface area contributed by atoms with Crippen LogP contribution in [0, 0.1) is 17.6 Å². The third-order valence-corrected chi connectivity index (χ3v) is 3.07. The SMILES string of the molecule is CC(C)CNC(=O)CCn1c(N)nc2c(F)cc(F)cc21. The van der Waals surface area contributed by atoms with Gasteiger partial charge in [-0.1, -0.05) is 13.8 Å². The average molecular weight is 296 g/mol. The third kappa shape index (κ3) is 3.48. The number of nitrogen functional groups attached to an aromatic ring is 1. The largest absolute Gasteiger partial charge is 0.369 e. The molecular weight excluding hydrogens is 278 g/mol. The Morgan fingerprint density at radius 2 is 2.14 bits per heavy atom. The van der Waals surface area contributed by atoms with E-state index in [-0.39, 0.29) is 35.9 Å². The van der Waals surface area contributed by atoms with Crippen molar-refractivity contribution in [1.82, 2.24) is 14.9 Å². The average Bonchev–Trinajstić information content (AvgIpc) is 2.70. The maximum atomic E-state index is 13.6. The Morgan fingerprint density at radius 1 is 1.43 bits per heavy atom. The van der Waals surface area contributed by atoms with Crippen molar-refractivity contribution >= 4 is 22.9 Å². The van der Waals surface area contributed by atoms with Crippen molar-refractivity contribution in [2.45, 2.75) is 26.8 Å². The van der Waals surface area contributed by atoms with Gasteiger partial charge < -0.3 is 15.6 Å². The highest BCUT2D eigenvalue weighted by Gasteiger charge is 2.14. The fraction of sp³-hybridized carbons (Fsp3) is 0.429. The Kier molecular flexibility index (Phi) is 4.40. The van der Waals surface area contributed by atoms with Gasteiger partial charge in [0.1, 0.15) is 11.3 Å². The van der Waals surface area contributed by atoms with Gasteiger partial charge in [0, 0.05) is 31.6 Å². The van der Waals surface area contributed by atoms with E-state index in [0.717, 1.165) is 12.1 Å². The number of hydrogen-bond donors (Lipinski definition) is 2. The topological polar surface area (TPSA) is 72.9 Å². The van der Waals surface area contributed by atoms with E-state index in [1.807, 2.05) is 13.8 Å². The van der Waals surface area contributed by atoms with Crippen LogP contribution in [0.25, 0.3) is 11.0 Å². The lowest BCUT2D eigenvalue weighted by Crippen LogP contribution is -2.28. The molecule has 114 valence electrons. The Labute approximate surface area is 121 Å². The molecule has 5 nitrogen and oxygen atoms in total. The van der Waals surface area contributed by atoms with Gasteiger partial charge in [-0.25, -0.2) is 13.8 Å². The fourth-order valence-electron chi connectivity index (χ4n) is 2.02. The molecule has 0 saturated carbocycles. The number of amides is 1. The summed E-state index contributed by atoms with van der Waals surface area (Å²) in [5, 5.41) is 2.77. The van der Waals surface area contributed by atoms with Gasteiger partial charge >= 0.3 is 0 Å². The molecule has 0 aliphatic carbocycles. The monoisotopic (exact) mass is 296 g/mol. The highest BCUT2D eigenvalue weighted by molar-refractivity contribution is 5.80. The van der Waals surface area contributed by atoms with Crippen LogP contribution in [0.15, 0.2) is 12.1 Å². The normalized spacial score (nSPS) is 11.3. The smallest absolute Gasteiger partial charge is 0.221 e. The molecule has 3 N–H and O–H groups in total. The fourth-order valence-corrected chi connectivity index (χ4v) is 2.02. The zero-order valence-electron chi connectivity index (χ0n) is 12.0. The second kappa shape index (κ2) is 6.07. The molecule has 0 radical (unpaired) electrons. The van der Waals surface area contributed by atoms with Gasteiger partial charge in [0.05, 0.1) is 5.52 Å². The lowest BCUT2D eigenvalue weighted by molar-refractivity contribution is -0.121. The number of imidazole rings is 1. The first-order chi connectivity index (χ1) is 9.88. The molecule has 2 rings (SSSR count). The second-order valence-electron chi connectivity index (χ2n) is 5.32. The highest BCUT2D eigenvalue weighted by Crippen LogP contribution is 2.22. The van der Waals surface area contributed by atoms with Gasteiger partial charge in [0.2, 0.25) is 11.9 Å². The molecule has 0 aliphatic heterocycles. The number of fused-ring (bicyclic) bond motifs is 1. The number of aryl methyl sites for hydroxylation is 1. The summed E-state index contributed by atoms with van der Waals surface area (Å²) in [6, 6.07) is 1.92. The van der Waals surface area contributed by atoms with Crippen LogP contribution in [0.4, 0.5) is 14.7 Å². The summed E-state index contributed by atoms with van der Waals surface area (Å²) >= 11 is 0. The van der Waals surface area contributed by atoms with Crippen molar-refractivity contribution in [2.24, 2.45) is 5.92 Å². The molecule has 0 atom stereocenters. The van der Waals surface area contributed by atoms with E-state index in [4.69, 9.17) is 5.73 Å². The van der Waals surface area contributed by atoms with Crippen molar-refractivity contribution in [3.63, 3.8) is 0 Å². The quantitative estimate of drug-likeness (QED) is 0.887. The Hall–Kier alpha value is -2.18. The molecule has 1 heterocycles. The Morgan fingerprint density at radius 3 is 2.81 bits per heavy atom. The van der Waals surface area contributed by atoms with Crippen molar-refractivity contribution in [2.75, 3.05) is 12.3 Å². The van der Waals surface area contributed by atoms with Gasteiger partial charge in [-0.3, -0.25) is 4.79 Å². The number of rotatable bonds is 5. The molecule has 0 aliphatic rings. The van der Waals surface area contributed by atoms with E-state index in [2.05, 4.69) is 10.3 Å². The minimum Gasteiger partial charge on any atom is -0.369 e. The van der Waals surface area contributed by atoms with E-state index < -0.39 is 11.6 Å². The third-order valence-electron chi connectivity index (χ3n) is 3.07. The van der Waals surface area contributed by atoms with Gasteiger partial charge in [0.25, 0.3) is 0 Å². The highest BCUT2D eigenvalue weighted by atomic mass is 19.1. The van der Waals surface area contributed by atoms with Crippen molar-refractivity contribution in [1.29, 1.82) is 0 Å². The summed E-state index contributed by atoms with van der Waals surface area (Å²) in [6.07, 6.45) is 0.167. The molecule has 0 unspecified atom stereocenters. The van der Waals surface area contributed by atoms with Crippen LogP contribution in [0.5, 0.6) is 0 Å². The Bertz CT molecular complexity index is 667. The van der Waals surface area contributed by atoms with E-state index in [1.165, 1.54) is 4.57 Å². The van der Waals surface area contributed by atoms with Gasteiger partial charge in [-0.05, 0) is 5.92 Å². The zero-order valence-corrected chi connectivity index (χ0v) is 12.0. The van der Waals surface area contributed by atoms with Crippen LogP contribution in [0.2, 0.25) is 0 Å². The number of nitrogens with two attached hydrogens (primary N) is 1. The van der Waals surface area contributed by atoms with E-state index in [0.29, 0.717) is 12.5 Å². The molecule has 0 saturated heterocycles. The molecule has 1 aromatic heterocycles. The molecule has 1 aromatic carbocycles. The van der Waals surface area contributed by atoms with Crippen LogP contribution in [0.3, 0.4) is 0 Å². The molecule has 0 spiro atoms. The van der Waals surface area contributed by atoms with Crippen LogP contribution >= 0.6 is 0 Å². The number of carbonyl (C=O) groups excluding carboxylic acids is 1. The number of halogens is 2. The number of carbonyl (C=O) groups is 1. The summed E-state index contributed by atoms with van der Waals surface area (Å²) in [6.45, 7) is 4.79. The molecule has 7 heteroatoms. The van der Waals surface area contributed by atoms with Crippen molar-refractivity contribution in [3.8, 4) is 0 Å². The lowest BCUT2D eigenvalue weighted by atomic mass is 10.2. The summed E-state index contributed by atoms with van der Waals surface area (Å²) in [7, 11) is 0. The lowest BCUT2D eigenvalue weighted by Gasteiger charge is -2.09. The molecule has 2 aromatic rings. The van der Waals surface area contributed by atoms with Gasteiger partial charge in [0.15, 0.2) is 5.82 Å². The first-order valence-electron chi connectivity index (χ1n) is 6.76. The van der Waals surface area contributed by atoms with Gasteiger partial charge in [-0.15, -0.1) is 0 Å². The number of hydrogen-bond acceptors (Lipinski definition) is 3. The number of benzene rings is 1. The first kappa shape index (κ1) is 15.2. The first-order valence-corrected chi connectivity index (χ1v) is 6.76. The van der Waals surface area contributed by atoms with Crippen LogP contribution in [-0.4, -0.2) is 22.0 Å². The van der Waals surface area contributed by atoms with E-state index in [1.54, 1.807) is 0 Å². The van der Waals surface area contributed by atoms with Crippen LogP contribution < -0.4 is 11.1 Å². The maximum Gasteiger partial charge on any atom is 0.221 e. The predicted octanol–water partition coefficient (Wildman–Crippen LogP) is 2.06. The number of anilines is 1. The summed E-state index contributed by atoms with van der Waals surface area (Å²) in [5.41, 5.74) is 5.97. The van der Waals surface area contributed by atoms with Crippen molar-refractivity contribution in [3.05, 3.63) is 23.8 Å². The number of aromatic nitrogens is 2. The zero-order chi connectivity index (χ0) is 15.6. The van der Waals surface area contributed by atoms with E-state index in [9.17, 15) is 13.6 Å². The molecule has 1 amide bonds. The predicted molar refractivity (Wildman–Crippen MR) is 76.5 cm³/mol. The van der Waals surface area contributed by atoms with Crippen LogP contribution in [-0.2, 0) is 11.3 Å². The van der Waals surface area contributed by atoms with Crippen molar-refractivity contribution < 1.29 is 13.6 Å². The molecule has 0 bridgehead atoms. The van der Waals surface area contributed by atoms with E-state index >= 15 is 0 Å². The second-order valence-corrected chi connectivity index (χ2v) is 5.32.